The maximum absolute atomic E-state index is 12.7. The van der Waals surface area contributed by atoms with E-state index in [1.54, 1.807) is 11.9 Å². The maximum atomic E-state index is 12.7. The predicted molar refractivity (Wildman–Crippen MR) is 129 cm³/mol. The summed E-state index contributed by atoms with van der Waals surface area (Å²) in [5.41, 5.74) is 1.65. The highest BCUT2D eigenvalue weighted by Gasteiger charge is 2.42. The monoisotopic (exact) mass is 515 g/mol. The maximum Gasteiger partial charge on any atom is 0.230 e. The van der Waals surface area contributed by atoms with E-state index in [0.717, 1.165) is 44.3 Å². The number of hydrogen-bond donors (Lipinski definition) is 3. The van der Waals surface area contributed by atoms with Gasteiger partial charge in [-0.1, -0.05) is 25.0 Å². The number of benzene rings is 1. The largest absolute Gasteiger partial charge is 0.356 e. The van der Waals surface area contributed by atoms with E-state index < -0.39 is 0 Å². The first-order chi connectivity index (χ1) is 13.4. The van der Waals surface area contributed by atoms with E-state index in [9.17, 15) is 9.59 Å². The number of amides is 2. The van der Waals surface area contributed by atoms with Crippen LogP contribution in [-0.2, 0) is 16.0 Å². The Balaban J connectivity index is 0.00000420. The van der Waals surface area contributed by atoms with Crippen LogP contribution in [0.4, 0.5) is 5.69 Å². The van der Waals surface area contributed by atoms with Gasteiger partial charge in [-0.05, 0) is 37.0 Å². The zero-order valence-corrected chi connectivity index (χ0v) is 20.2. The molecule has 162 valence electrons. The molecular formula is C21H34IN5O2. The molecule has 0 aromatic heterocycles. The number of carbonyl (C=O) groups excluding carboxylic acids is 2. The van der Waals surface area contributed by atoms with Gasteiger partial charge in [-0.15, -0.1) is 24.0 Å². The summed E-state index contributed by atoms with van der Waals surface area (Å²) in [5, 5.41) is 9.43. The Bertz CT molecular complexity index is 698. The summed E-state index contributed by atoms with van der Waals surface area (Å²) in [5.74, 6) is 0.844. The summed E-state index contributed by atoms with van der Waals surface area (Å²) in [7, 11) is 5.39. The number of rotatable bonds is 7. The second-order valence-corrected chi connectivity index (χ2v) is 7.67. The second-order valence-electron chi connectivity index (χ2n) is 7.67. The van der Waals surface area contributed by atoms with Gasteiger partial charge in [0.05, 0.1) is 5.41 Å². The lowest BCUT2D eigenvalue weighted by molar-refractivity contribution is -0.138. The van der Waals surface area contributed by atoms with Gasteiger partial charge in [0, 0.05) is 46.8 Å². The minimum Gasteiger partial charge on any atom is -0.356 e. The summed E-state index contributed by atoms with van der Waals surface area (Å²) in [6.45, 7) is 2.83. The molecule has 1 aliphatic carbocycles. The molecule has 1 aromatic rings. The number of carbonyl (C=O) groups is 2. The van der Waals surface area contributed by atoms with Crippen molar-refractivity contribution in [3.63, 3.8) is 0 Å². The molecule has 2 amide bonds. The highest BCUT2D eigenvalue weighted by atomic mass is 127. The molecule has 29 heavy (non-hydrogen) atoms. The van der Waals surface area contributed by atoms with Gasteiger partial charge >= 0.3 is 0 Å². The fraction of sp³-hybridized carbons (Fsp3) is 0.571. The Kier molecular flexibility index (Phi) is 10.4. The summed E-state index contributed by atoms with van der Waals surface area (Å²) < 4.78 is 0. The Morgan fingerprint density at radius 3 is 2.24 bits per heavy atom. The molecule has 1 fully saturated rings. The van der Waals surface area contributed by atoms with Gasteiger partial charge in [0.25, 0.3) is 0 Å². The lowest BCUT2D eigenvalue weighted by atomic mass is 9.84. The first-order valence-corrected chi connectivity index (χ1v) is 9.89. The van der Waals surface area contributed by atoms with Gasteiger partial charge in [-0.3, -0.25) is 14.6 Å². The van der Waals surface area contributed by atoms with Crippen LogP contribution < -0.4 is 16.0 Å². The minimum atomic E-state index is -0.319. The highest BCUT2D eigenvalue weighted by molar-refractivity contribution is 14.0. The van der Waals surface area contributed by atoms with Gasteiger partial charge in [-0.25, -0.2) is 0 Å². The molecule has 8 heteroatoms. The van der Waals surface area contributed by atoms with E-state index in [4.69, 9.17) is 0 Å². The molecule has 0 atom stereocenters. The molecule has 2 rings (SSSR count). The minimum absolute atomic E-state index is 0. The Morgan fingerprint density at radius 1 is 1.10 bits per heavy atom. The second kappa shape index (κ2) is 12.0. The molecule has 0 unspecified atom stereocenters. The van der Waals surface area contributed by atoms with Crippen molar-refractivity contribution >= 4 is 47.4 Å². The van der Waals surface area contributed by atoms with E-state index in [1.165, 1.54) is 12.5 Å². The molecule has 0 bridgehead atoms. The molecule has 1 aliphatic rings. The summed E-state index contributed by atoms with van der Waals surface area (Å²) in [6.07, 6.45) is 4.88. The average Bonchev–Trinajstić information content (AvgIpc) is 3.14. The van der Waals surface area contributed by atoms with Crippen LogP contribution in [0, 0.1) is 5.41 Å². The number of nitrogens with zero attached hydrogens (tertiary/aromatic N) is 2. The Hall–Kier alpha value is -1.84. The first-order valence-electron chi connectivity index (χ1n) is 9.89. The van der Waals surface area contributed by atoms with E-state index in [2.05, 4.69) is 20.9 Å². The third kappa shape index (κ3) is 7.49. The van der Waals surface area contributed by atoms with Crippen molar-refractivity contribution in [3.8, 4) is 0 Å². The van der Waals surface area contributed by atoms with Crippen molar-refractivity contribution in [3.05, 3.63) is 29.8 Å². The third-order valence-electron chi connectivity index (χ3n) is 5.22. The van der Waals surface area contributed by atoms with Crippen molar-refractivity contribution in [2.45, 2.75) is 39.0 Å². The topological polar surface area (TPSA) is 85.8 Å². The number of nitrogens with one attached hydrogen (secondary N) is 3. The molecule has 0 radical (unpaired) electrons. The molecule has 0 aliphatic heterocycles. The van der Waals surface area contributed by atoms with Crippen LogP contribution in [0.1, 0.15) is 38.2 Å². The molecule has 3 N–H and O–H groups in total. The lowest BCUT2D eigenvalue weighted by Gasteiger charge is -2.31. The van der Waals surface area contributed by atoms with Gasteiger partial charge in [0.15, 0.2) is 5.96 Å². The number of anilines is 1. The predicted octanol–water partition coefficient (Wildman–Crippen LogP) is 2.62. The van der Waals surface area contributed by atoms with Gasteiger partial charge < -0.3 is 20.9 Å². The van der Waals surface area contributed by atoms with Crippen molar-refractivity contribution in [2.24, 2.45) is 10.4 Å². The standard InChI is InChI=1S/C21H33N5O2.HI/c1-16(27)25-18-9-7-17(8-10-18)11-14-23-20(22-2)24-15-21(12-5-6-13-21)19(28)26(3)4;/h7-10H,5-6,11-15H2,1-4H3,(H,25,27)(H2,22,23,24);1H. The summed E-state index contributed by atoms with van der Waals surface area (Å²) in [6, 6.07) is 7.82. The first kappa shape index (κ1) is 25.2. The number of halogens is 1. The summed E-state index contributed by atoms with van der Waals surface area (Å²) in [4.78, 5) is 29.7. The van der Waals surface area contributed by atoms with E-state index in [1.807, 2.05) is 38.4 Å². The Labute approximate surface area is 191 Å². The van der Waals surface area contributed by atoms with E-state index in [0.29, 0.717) is 12.5 Å². The fourth-order valence-electron chi connectivity index (χ4n) is 3.75. The van der Waals surface area contributed by atoms with Crippen LogP contribution in [0.25, 0.3) is 0 Å². The van der Waals surface area contributed by atoms with Crippen LogP contribution in [0.15, 0.2) is 29.3 Å². The van der Waals surface area contributed by atoms with Crippen molar-refractivity contribution in [1.82, 2.24) is 15.5 Å². The van der Waals surface area contributed by atoms with E-state index in [-0.39, 0.29) is 41.2 Å². The van der Waals surface area contributed by atoms with Gasteiger partial charge in [-0.2, -0.15) is 0 Å². The smallest absolute Gasteiger partial charge is 0.230 e. The quantitative estimate of drug-likeness (QED) is 0.296. The third-order valence-corrected chi connectivity index (χ3v) is 5.22. The van der Waals surface area contributed by atoms with Crippen LogP contribution in [0.3, 0.4) is 0 Å². The molecule has 0 heterocycles. The van der Waals surface area contributed by atoms with Crippen LogP contribution in [0.5, 0.6) is 0 Å². The Morgan fingerprint density at radius 2 is 1.72 bits per heavy atom. The molecule has 0 spiro atoms. The fourth-order valence-corrected chi connectivity index (χ4v) is 3.75. The summed E-state index contributed by atoms with van der Waals surface area (Å²) >= 11 is 0. The van der Waals surface area contributed by atoms with Crippen molar-refractivity contribution in [2.75, 3.05) is 39.5 Å². The molecular weight excluding hydrogens is 481 g/mol. The number of aliphatic imine (C=N–C) groups is 1. The SMILES string of the molecule is CN=C(NCCc1ccc(NC(C)=O)cc1)NCC1(C(=O)N(C)C)CCCC1.I. The van der Waals surface area contributed by atoms with Gasteiger partial charge in [0.1, 0.15) is 0 Å². The number of hydrogen-bond acceptors (Lipinski definition) is 3. The molecule has 0 saturated heterocycles. The average molecular weight is 515 g/mol. The number of guanidine groups is 1. The van der Waals surface area contributed by atoms with E-state index >= 15 is 0 Å². The highest BCUT2D eigenvalue weighted by Crippen LogP contribution is 2.38. The zero-order chi connectivity index (χ0) is 20.6. The van der Waals surface area contributed by atoms with Crippen LogP contribution >= 0.6 is 24.0 Å². The molecule has 1 aromatic carbocycles. The molecule has 7 nitrogen and oxygen atoms in total. The van der Waals surface area contributed by atoms with Crippen molar-refractivity contribution in [1.29, 1.82) is 0 Å². The molecule has 1 saturated carbocycles. The van der Waals surface area contributed by atoms with Crippen LogP contribution in [-0.4, -0.2) is 56.9 Å². The zero-order valence-electron chi connectivity index (χ0n) is 17.9. The normalized spacial score (nSPS) is 15.2. The van der Waals surface area contributed by atoms with Crippen LogP contribution in [0.2, 0.25) is 0 Å². The van der Waals surface area contributed by atoms with Gasteiger partial charge in [0.2, 0.25) is 11.8 Å². The lowest BCUT2D eigenvalue weighted by Crippen LogP contribution is -2.49. The van der Waals surface area contributed by atoms with Crippen molar-refractivity contribution < 1.29 is 9.59 Å².